The van der Waals surface area contributed by atoms with Crippen LogP contribution in [0.5, 0.6) is 0 Å². The van der Waals surface area contributed by atoms with Gasteiger partial charge in [0, 0.05) is 16.4 Å². The zero-order valence-electron chi connectivity index (χ0n) is 11.0. The van der Waals surface area contributed by atoms with E-state index < -0.39 is 0 Å². The Kier molecular flexibility index (Phi) is 4.70. The Morgan fingerprint density at radius 2 is 2.20 bits per heavy atom. The molecule has 5 nitrogen and oxygen atoms in total. The van der Waals surface area contributed by atoms with Crippen LogP contribution in [0, 0.1) is 0 Å². The van der Waals surface area contributed by atoms with Gasteiger partial charge < -0.3 is 10.7 Å². The van der Waals surface area contributed by atoms with Gasteiger partial charge in [-0.25, -0.2) is 10.8 Å². The first-order valence-electron chi connectivity index (χ1n) is 6.16. The highest BCUT2D eigenvalue weighted by atomic mass is 79.9. The largest absolute Gasteiger partial charge is 0.322 e. The topological polar surface area (TPSA) is 80.0 Å². The number of halogens is 1. The van der Waals surface area contributed by atoms with Crippen LogP contribution in [0.1, 0.15) is 22.8 Å². The van der Waals surface area contributed by atoms with Crippen molar-refractivity contribution in [2.45, 2.75) is 13.3 Å². The van der Waals surface area contributed by atoms with E-state index in [0.717, 1.165) is 17.7 Å². The van der Waals surface area contributed by atoms with Gasteiger partial charge in [0.1, 0.15) is 0 Å². The van der Waals surface area contributed by atoms with Gasteiger partial charge in [-0.1, -0.05) is 19.1 Å². The fourth-order valence-corrected chi connectivity index (χ4v) is 2.13. The van der Waals surface area contributed by atoms with Gasteiger partial charge in [-0.15, -0.1) is 0 Å². The molecule has 0 spiro atoms. The first-order chi connectivity index (χ1) is 9.63. The van der Waals surface area contributed by atoms with Crippen molar-refractivity contribution in [3.05, 3.63) is 52.1 Å². The highest BCUT2D eigenvalue weighted by molar-refractivity contribution is 9.10. The maximum atomic E-state index is 12.3. The van der Waals surface area contributed by atoms with Gasteiger partial charge in [-0.05, 0) is 46.1 Å². The van der Waals surface area contributed by atoms with Crippen LogP contribution in [0.2, 0.25) is 0 Å². The van der Waals surface area contributed by atoms with E-state index in [9.17, 15) is 4.79 Å². The van der Waals surface area contributed by atoms with E-state index in [1.807, 2.05) is 24.3 Å². The van der Waals surface area contributed by atoms with E-state index in [4.69, 9.17) is 5.84 Å². The minimum atomic E-state index is -0.264. The smallest absolute Gasteiger partial charge is 0.259 e. The van der Waals surface area contributed by atoms with Crippen molar-refractivity contribution in [3.8, 4) is 0 Å². The van der Waals surface area contributed by atoms with Crippen LogP contribution in [0.25, 0.3) is 0 Å². The number of aromatic nitrogens is 1. The molecule has 104 valence electrons. The number of hydrazine groups is 1. The molecule has 1 aromatic heterocycles. The van der Waals surface area contributed by atoms with E-state index in [2.05, 4.69) is 38.6 Å². The number of nitrogen functional groups attached to an aromatic ring is 1. The van der Waals surface area contributed by atoms with Crippen LogP contribution in [0.4, 0.5) is 11.5 Å². The summed E-state index contributed by atoms with van der Waals surface area (Å²) in [4.78, 5) is 16.3. The Bertz CT molecular complexity index is 630. The number of rotatable bonds is 4. The van der Waals surface area contributed by atoms with Crippen LogP contribution in [0.15, 0.2) is 41.0 Å². The van der Waals surface area contributed by atoms with Crippen LogP contribution < -0.4 is 16.6 Å². The average Bonchev–Trinajstić information content (AvgIpc) is 2.47. The molecule has 2 aromatic rings. The summed E-state index contributed by atoms with van der Waals surface area (Å²) in [7, 11) is 0. The van der Waals surface area contributed by atoms with Gasteiger partial charge in [-0.3, -0.25) is 4.79 Å². The Balaban J connectivity index is 2.25. The molecule has 0 saturated heterocycles. The number of pyridine rings is 1. The molecule has 1 aromatic carbocycles. The van der Waals surface area contributed by atoms with Crippen LogP contribution in [0.3, 0.4) is 0 Å². The number of benzene rings is 1. The van der Waals surface area contributed by atoms with Gasteiger partial charge in [0.15, 0.2) is 5.82 Å². The Morgan fingerprint density at radius 3 is 2.90 bits per heavy atom. The van der Waals surface area contributed by atoms with Crippen molar-refractivity contribution >= 4 is 33.3 Å². The minimum Gasteiger partial charge on any atom is -0.322 e. The van der Waals surface area contributed by atoms with E-state index in [-0.39, 0.29) is 5.91 Å². The minimum absolute atomic E-state index is 0.264. The van der Waals surface area contributed by atoms with Crippen molar-refractivity contribution in [1.29, 1.82) is 0 Å². The summed E-state index contributed by atoms with van der Waals surface area (Å²) in [5.74, 6) is 5.44. The molecule has 1 amide bonds. The number of anilines is 2. The molecule has 0 saturated carbocycles. The number of nitrogens with two attached hydrogens (primary N) is 1. The number of hydrogen-bond acceptors (Lipinski definition) is 4. The predicted octanol–water partition coefficient (Wildman–Crippen LogP) is 2.94. The number of nitrogens with one attached hydrogen (secondary N) is 2. The molecule has 4 N–H and O–H groups in total. The Hall–Kier alpha value is -1.92. The molecule has 6 heteroatoms. The third-order valence-corrected chi connectivity index (χ3v) is 3.26. The van der Waals surface area contributed by atoms with Crippen LogP contribution >= 0.6 is 15.9 Å². The number of carbonyl (C=O) groups is 1. The van der Waals surface area contributed by atoms with E-state index in [1.54, 1.807) is 12.3 Å². The Morgan fingerprint density at radius 1 is 1.40 bits per heavy atom. The quantitative estimate of drug-likeness (QED) is 0.593. The molecule has 20 heavy (non-hydrogen) atoms. The summed E-state index contributed by atoms with van der Waals surface area (Å²) in [6.45, 7) is 2.07. The zero-order valence-corrected chi connectivity index (χ0v) is 12.6. The van der Waals surface area contributed by atoms with E-state index >= 15 is 0 Å². The number of hydrogen-bond donors (Lipinski definition) is 3. The first kappa shape index (κ1) is 14.5. The molecule has 0 unspecified atom stereocenters. The molecule has 0 aliphatic rings. The maximum absolute atomic E-state index is 12.3. The van der Waals surface area contributed by atoms with Crippen molar-refractivity contribution in [3.63, 3.8) is 0 Å². The SMILES string of the molecule is CCc1cccc(NC(=O)c2cc(Br)cnc2NN)c1. The maximum Gasteiger partial charge on any atom is 0.259 e. The summed E-state index contributed by atoms with van der Waals surface area (Å²) in [5.41, 5.74) is 4.70. The normalized spacial score (nSPS) is 10.2. The van der Waals surface area contributed by atoms with E-state index in [0.29, 0.717) is 15.9 Å². The summed E-state index contributed by atoms with van der Waals surface area (Å²) < 4.78 is 0.712. The lowest BCUT2D eigenvalue weighted by Gasteiger charge is -2.10. The average molecular weight is 335 g/mol. The van der Waals surface area contributed by atoms with Crippen molar-refractivity contribution in [2.75, 3.05) is 10.7 Å². The molecule has 0 fully saturated rings. The molecular formula is C14H15BrN4O. The molecule has 0 radical (unpaired) electrons. The fraction of sp³-hybridized carbons (Fsp3) is 0.143. The Labute approximate surface area is 125 Å². The zero-order chi connectivity index (χ0) is 14.5. The second-order valence-electron chi connectivity index (χ2n) is 4.20. The predicted molar refractivity (Wildman–Crippen MR) is 83.5 cm³/mol. The van der Waals surface area contributed by atoms with Crippen molar-refractivity contribution in [1.82, 2.24) is 4.98 Å². The number of carbonyl (C=O) groups excluding carboxylic acids is 1. The molecule has 1 heterocycles. The summed E-state index contributed by atoms with van der Waals surface area (Å²) in [5, 5.41) is 2.84. The number of nitrogens with zero attached hydrogens (tertiary/aromatic N) is 1. The van der Waals surface area contributed by atoms with Crippen LogP contribution in [-0.4, -0.2) is 10.9 Å². The molecule has 0 bridgehead atoms. The van der Waals surface area contributed by atoms with Gasteiger partial charge in [0.25, 0.3) is 5.91 Å². The van der Waals surface area contributed by atoms with Gasteiger partial charge in [0.2, 0.25) is 0 Å². The molecular weight excluding hydrogens is 320 g/mol. The molecule has 2 rings (SSSR count). The number of aryl methyl sites for hydroxylation is 1. The number of amides is 1. The van der Waals surface area contributed by atoms with Gasteiger partial charge >= 0.3 is 0 Å². The second kappa shape index (κ2) is 6.49. The summed E-state index contributed by atoms with van der Waals surface area (Å²) in [6, 6.07) is 9.39. The summed E-state index contributed by atoms with van der Waals surface area (Å²) in [6.07, 6.45) is 2.49. The lowest BCUT2D eigenvalue weighted by Crippen LogP contribution is -2.18. The lowest BCUT2D eigenvalue weighted by molar-refractivity contribution is 0.102. The molecule has 0 aliphatic carbocycles. The van der Waals surface area contributed by atoms with Gasteiger partial charge in [-0.2, -0.15) is 0 Å². The van der Waals surface area contributed by atoms with Crippen molar-refractivity contribution in [2.24, 2.45) is 5.84 Å². The third kappa shape index (κ3) is 3.34. The third-order valence-electron chi connectivity index (χ3n) is 2.83. The first-order valence-corrected chi connectivity index (χ1v) is 6.95. The van der Waals surface area contributed by atoms with Crippen molar-refractivity contribution < 1.29 is 4.79 Å². The fourth-order valence-electron chi connectivity index (χ4n) is 1.79. The standard InChI is InChI=1S/C14H15BrN4O/c1-2-9-4-3-5-11(6-9)18-14(20)12-7-10(15)8-17-13(12)19-16/h3-8H,2,16H2,1H3,(H,17,19)(H,18,20). The van der Waals surface area contributed by atoms with Gasteiger partial charge in [0.05, 0.1) is 5.56 Å². The molecule has 0 atom stereocenters. The highest BCUT2D eigenvalue weighted by Crippen LogP contribution is 2.19. The lowest BCUT2D eigenvalue weighted by atomic mass is 10.1. The highest BCUT2D eigenvalue weighted by Gasteiger charge is 2.13. The van der Waals surface area contributed by atoms with E-state index in [1.165, 1.54) is 0 Å². The molecule has 0 aliphatic heterocycles. The second-order valence-corrected chi connectivity index (χ2v) is 5.12. The van der Waals surface area contributed by atoms with Crippen LogP contribution in [-0.2, 0) is 6.42 Å². The monoisotopic (exact) mass is 334 g/mol. The summed E-state index contributed by atoms with van der Waals surface area (Å²) >= 11 is 3.29.